The van der Waals surface area contributed by atoms with Gasteiger partial charge in [0.1, 0.15) is 0 Å². The average molecular weight is 197 g/mol. The molecule has 1 N–H and O–H groups in total. The van der Waals surface area contributed by atoms with Crippen molar-refractivity contribution in [1.82, 2.24) is 5.32 Å². The lowest BCUT2D eigenvalue weighted by Gasteiger charge is -2.30. The fourth-order valence-electron chi connectivity index (χ4n) is 2.65. The molecule has 1 saturated heterocycles. The Hall–Kier alpha value is -0.0800. The van der Waals surface area contributed by atoms with Gasteiger partial charge in [-0.25, -0.2) is 0 Å². The smallest absolute Gasteiger partial charge is 0.0806 e. The highest BCUT2D eigenvalue weighted by molar-refractivity contribution is 4.95. The highest BCUT2D eigenvalue weighted by Gasteiger charge is 2.39. The predicted molar refractivity (Wildman–Crippen MR) is 58.5 cm³/mol. The predicted octanol–water partition coefficient (Wildman–Crippen LogP) is 2.48. The van der Waals surface area contributed by atoms with E-state index in [2.05, 4.69) is 19.2 Å². The summed E-state index contributed by atoms with van der Waals surface area (Å²) in [5, 5.41) is 3.72. The van der Waals surface area contributed by atoms with Gasteiger partial charge in [-0.05, 0) is 32.6 Å². The lowest BCUT2D eigenvalue weighted by Crippen LogP contribution is -2.47. The van der Waals surface area contributed by atoms with Crippen LogP contribution in [0.25, 0.3) is 0 Å². The molecule has 82 valence electrons. The van der Waals surface area contributed by atoms with Crippen LogP contribution in [-0.4, -0.2) is 24.3 Å². The number of ether oxygens (including phenoxy) is 1. The molecule has 2 fully saturated rings. The molecule has 2 heteroatoms. The third kappa shape index (κ3) is 1.96. The Morgan fingerprint density at radius 1 is 1.21 bits per heavy atom. The van der Waals surface area contributed by atoms with Crippen molar-refractivity contribution in [3.63, 3.8) is 0 Å². The quantitative estimate of drug-likeness (QED) is 0.697. The van der Waals surface area contributed by atoms with Crippen molar-refractivity contribution in [1.29, 1.82) is 0 Å². The second kappa shape index (κ2) is 3.82. The van der Waals surface area contributed by atoms with E-state index < -0.39 is 0 Å². The Morgan fingerprint density at radius 2 is 1.93 bits per heavy atom. The van der Waals surface area contributed by atoms with Gasteiger partial charge < -0.3 is 10.1 Å². The molecule has 1 aliphatic carbocycles. The monoisotopic (exact) mass is 197 g/mol. The highest BCUT2D eigenvalue weighted by Crippen LogP contribution is 2.35. The molecule has 0 aromatic rings. The minimum absolute atomic E-state index is 0.201. The standard InChI is InChI=1S/C12H23NO/c1-3-11(2)8-9-14-12(10-13-11)6-4-5-7-12/h13H,3-10H2,1-2H3. The minimum Gasteiger partial charge on any atom is -0.374 e. The van der Waals surface area contributed by atoms with Gasteiger partial charge in [-0.15, -0.1) is 0 Å². The number of hydrogen-bond donors (Lipinski definition) is 1. The number of hydrogen-bond acceptors (Lipinski definition) is 2. The first-order valence-corrected chi connectivity index (χ1v) is 6.07. The first-order valence-electron chi connectivity index (χ1n) is 6.07. The van der Waals surface area contributed by atoms with Gasteiger partial charge >= 0.3 is 0 Å². The minimum atomic E-state index is 0.201. The second-order valence-electron chi connectivity index (χ2n) is 5.26. The van der Waals surface area contributed by atoms with Crippen LogP contribution in [0.5, 0.6) is 0 Å². The summed E-state index contributed by atoms with van der Waals surface area (Å²) in [4.78, 5) is 0. The molecule has 1 atom stereocenters. The Labute approximate surface area is 87.4 Å². The lowest BCUT2D eigenvalue weighted by molar-refractivity contribution is -0.0278. The largest absolute Gasteiger partial charge is 0.374 e. The number of nitrogens with one attached hydrogen (secondary N) is 1. The van der Waals surface area contributed by atoms with E-state index in [0.29, 0.717) is 5.54 Å². The summed E-state index contributed by atoms with van der Waals surface area (Å²) in [6.07, 6.45) is 7.59. The van der Waals surface area contributed by atoms with Crippen LogP contribution in [0.15, 0.2) is 0 Å². The molecule has 0 bridgehead atoms. The van der Waals surface area contributed by atoms with Crippen molar-refractivity contribution in [3.05, 3.63) is 0 Å². The molecular weight excluding hydrogens is 174 g/mol. The van der Waals surface area contributed by atoms with Crippen molar-refractivity contribution < 1.29 is 4.74 Å². The van der Waals surface area contributed by atoms with Crippen LogP contribution in [0.1, 0.15) is 52.4 Å². The zero-order valence-electron chi connectivity index (χ0n) is 9.57. The van der Waals surface area contributed by atoms with Crippen LogP contribution in [0.4, 0.5) is 0 Å². The van der Waals surface area contributed by atoms with E-state index in [-0.39, 0.29) is 5.60 Å². The molecule has 0 aromatic heterocycles. The molecule has 1 spiro atoms. The van der Waals surface area contributed by atoms with Crippen LogP contribution in [0.3, 0.4) is 0 Å². The Morgan fingerprint density at radius 3 is 2.57 bits per heavy atom. The lowest BCUT2D eigenvalue weighted by atomic mass is 9.94. The van der Waals surface area contributed by atoms with Crippen LogP contribution in [-0.2, 0) is 4.74 Å². The topological polar surface area (TPSA) is 21.3 Å². The Balaban J connectivity index is 2.00. The summed E-state index contributed by atoms with van der Waals surface area (Å²) in [6, 6.07) is 0. The summed E-state index contributed by atoms with van der Waals surface area (Å²) in [7, 11) is 0. The van der Waals surface area contributed by atoms with E-state index in [9.17, 15) is 0 Å². The highest BCUT2D eigenvalue weighted by atomic mass is 16.5. The maximum Gasteiger partial charge on any atom is 0.0806 e. The van der Waals surface area contributed by atoms with E-state index >= 15 is 0 Å². The molecular formula is C12H23NO. The van der Waals surface area contributed by atoms with Gasteiger partial charge in [0.25, 0.3) is 0 Å². The SMILES string of the molecule is CCC1(C)CCOC2(CCCC2)CN1. The molecule has 1 heterocycles. The van der Waals surface area contributed by atoms with Crippen LogP contribution in [0.2, 0.25) is 0 Å². The summed E-state index contributed by atoms with van der Waals surface area (Å²) < 4.78 is 6.09. The van der Waals surface area contributed by atoms with Crippen molar-refractivity contribution >= 4 is 0 Å². The number of rotatable bonds is 1. The molecule has 1 saturated carbocycles. The summed E-state index contributed by atoms with van der Waals surface area (Å²) >= 11 is 0. The maximum absolute atomic E-state index is 6.09. The van der Waals surface area contributed by atoms with Gasteiger partial charge in [0.15, 0.2) is 0 Å². The van der Waals surface area contributed by atoms with Crippen molar-refractivity contribution in [2.45, 2.75) is 63.5 Å². The summed E-state index contributed by atoms with van der Waals surface area (Å²) in [5.74, 6) is 0. The van der Waals surface area contributed by atoms with E-state index in [0.717, 1.165) is 19.6 Å². The van der Waals surface area contributed by atoms with E-state index in [1.54, 1.807) is 0 Å². The van der Waals surface area contributed by atoms with Gasteiger partial charge in [0, 0.05) is 18.7 Å². The maximum atomic E-state index is 6.09. The molecule has 1 unspecified atom stereocenters. The average Bonchev–Trinajstić information content (AvgIpc) is 2.57. The first-order chi connectivity index (χ1) is 6.68. The van der Waals surface area contributed by atoms with Gasteiger partial charge in [-0.2, -0.15) is 0 Å². The molecule has 1 aliphatic heterocycles. The normalized spacial score (nSPS) is 37.3. The van der Waals surface area contributed by atoms with E-state index in [4.69, 9.17) is 4.74 Å². The third-order valence-corrected chi connectivity index (χ3v) is 4.19. The zero-order chi connectivity index (χ0) is 10.1. The second-order valence-corrected chi connectivity index (χ2v) is 5.26. The zero-order valence-corrected chi connectivity index (χ0v) is 9.57. The summed E-state index contributed by atoms with van der Waals surface area (Å²) in [6.45, 7) is 6.60. The Kier molecular flexibility index (Phi) is 2.85. The molecule has 0 radical (unpaired) electrons. The van der Waals surface area contributed by atoms with Gasteiger partial charge in [-0.1, -0.05) is 19.8 Å². The molecule has 2 nitrogen and oxygen atoms in total. The van der Waals surface area contributed by atoms with Gasteiger partial charge in [0.05, 0.1) is 5.60 Å². The van der Waals surface area contributed by atoms with Crippen LogP contribution >= 0.6 is 0 Å². The van der Waals surface area contributed by atoms with Crippen molar-refractivity contribution in [2.24, 2.45) is 0 Å². The van der Waals surface area contributed by atoms with Gasteiger partial charge in [-0.3, -0.25) is 0 Å². The molecule has 2 aliphatic rings. The molecule has 0 amide bonds. The fourth-order valence-corrected chi connectivity index (χ4v) is 2.65. The molecule has 2 rings (SSSR count). The van der Waals surface area contributed by atoms with Gasteiger partial charge in [0.2, 0.25) is 0 Å². The Bertz CT molecular complexity index is 198. The molecule has 14 heavy (non-hydrogen) atoms. The van der Waals surface area contributed by atoms with Crippen LogP contribution in [0, 0.1) is 0 Å². The van der Waals surface area contributed by atoms with Crippen LogP contribution < -0.4 is 5.32 Å². The fraction of sp³-hybridized carbons (Fsp3) is 1.00. The van der Waals surface area contributed by atoms with E-state index in [1.807, 2.05) is 0 Å². The van der Waals surface area contributed by atoms with Crippen molar-refractivity contribution in [2.75, 3.05) is 13.2 Å². The van der Waals surface area contributed by atoms with Crippen molar-refractivity contribution in [3.8, 4) is 0 Å². The van der Waals surface area contributed by atoms with E-state index in [1.165, 1.54) is 32.1 Å². The summed E-state index contributed by atoms with van der Waals surface area (Å²) in [5.41, 5.74) is 0.513. The first kappa shape index (κ1) is 10.4. The third-order valence-electron chi connectivity index (χ3n) is 4.19. The molecule has 0 aromatic carbocycles.